The largest absolute Gasteiger partial charge is 0.524 e. The molecule has 0 saturated heterocycles. The second-order valence-corrected chi connectivity index (χ2v) is 12.0. The Kier molecular flexibility index (Phi) is 6.53. The first-order valence-electron chi connectivity index (χ1n) is 11.8. The van der Waals surface area contributed by atoms with Crippen LogP contribution in [0.25, 0.3) is 34.1 Å². The van der Waals surface area contributed by atoms with E-state index >= 15 is 0 Å². The molecule has 3 aromatic rings. The molecule has 1 aromatic heterocycles. The lowest BCUT2D eigenvalue weighted by atomic mass is 9.72. The summed E-state index contributed by atoms with van der Waals surface area (Å²) in [5, 5.41) is 1.23. The van der Waals surface area contributed by atoms with Crippen LogP contribution < -0.4 is 11.6 Å². The molecule has 0 amide bonds. The fourth-order valence-electron chi connectivity index (χ4n) is 4.59. The molecule has 0 unspecified atom stereocenters. The van der Waals surface area contributed by atoms with E-state index in [9.17, 15) is 9.59 Å². The van der Waals surface area contributed by atoms with Crippen LogP contribution in [0.15, 0.2) is 54.2 Å². The van der Waals surface area contributed by atoms with E-state index in [1.807, 2.05) is 45.0 Å². The Balaban J connectivity index is 2.96. The second kappa shape index (κ2) is 8.71. The zero-order valence-corrected chi connectivity index (χ0v) is 22.3. The van der Waals surface area contributed by atoms with E-state index < -0.39 is 17.1 Å². The van der Waals surface area contributed by atoms with E-state index in [0.717, 1.165) is 27.8 Å². The molecule has 0 spiro atoms. The van der Waals surface area contributed by atoms with Crippen molar-refractivity contribution in [1.29, 1.82) is 0 Å². The van der Waals surface area contributed by atoms with Crippen LogP contribution in [0, 0.1) is 0 Å². The Bertz CT molecular complexity index is 1500. The van der Waals surface area contributed by atoms with Crippen molar-refractivity contribution in [3.63, 3.8) is 0 Å². The molecule has 0 saturated carbocycles. The van der Waals surface area contributed by atoms with E-state index in [1.54, 1.807) is 6.08 Å². The molecule has 0 radical (unpaired) electrons. The highest BCUT2D eigenvalue weighted by molar-refractivity contribution is 6.06. The molecule has 0 aliphatic heterocycles. The molecule has 3 rings (SSSR count). The highest BCUT2D eigenvalue weighted by atomic mass is 16.6. The summed E-state index contributed by atoms with van der Waals surface area (Å²) in [6.45, 7) is 26.6. The molecule has 0 fully saturated rings. The van der Waals surface area contributed by atoms with Gasteiger partial charge in [-0.1, -0.05) is 87.6 Å². The van der Waals surface area contributed by atoms with Gasteiger partial charge in [0.25, 0.3) is 0 Å². The summed E-state index contributed by atoms with van der Waals surface area (Å²) in [5.74, 6) is -2.28. The molecule has 0 bridgehead atoms. The molecular weight excluding hydrogens is 440 g/mol. The SMILES string of the molecule is C=Cc1cc(C(C)(C)C)c2oc(=O)oc(=O)oc3c(C(C)(C)C)c(C(C)(C)C)c(C=C)cc3c2c1. The Morgan fingerprint density at radius 1 is 0.629 bits per heavy atom. The zero-order valence-electron chi connectivity index (χ0n) is 22.3. The maximum Gasteiger partial charge on any atom is 0.524 e. The number of hydrogen-bond acceptors (Lipinski definition) is 5. The molecule has 0 aliphatic carbocycles. The lowest BCUT2D eigenvalue weighted by Gasteiger charge is -2.32. The van der Waals surface area contributed by atoms with Crippen LogP contribution in [0.5, 0.6) is 0 Å². The molecule has 0 aliphatic rings. The summed E-state index contributed by atoms with van der Waals surface area (Å²) in [6, 6.07) is 5.77. The lowest BCUT2D eigenvalue weighted by molar-refractivity contribution is 0.267. The van der Waals surface area contributed by atoms with Gasteiger partial charge in [0, 0.05) is 21.9 Å². The quantitative estimate of drug-likeness (QED) is 0.377. The molecule has 0 atom stereocenters. The van der Waals surface area contributed by atoms with Crippen molar-refractivity contribution in [3.05, 3.63) is 80.4 Å². The number of fused-ring (bicyclic) bond motifs is 3. The minimum absolute atomic E-state index is 0.290. The summed E-state index contributed by atoms with van der Waals surface area (Å²) < 4.78 is 16.4. The van der Waals surface area contributed by atoms with Crippen LogP contribution in [0.4, 0.5) is 0 Å². The van der Waals surface area contributed by atoms with E-state index in [0.29, 0.717) is 21.9 Å². The standard InChI is InChI=1S/C30H36O5/c1-12-17-14-19-20-16-18(13-2)22(29(6,7)8)23(30(9,10)11)25(20)34-27(32)35-26(31)33-24(19)21(15-17)28(3,4)5/h12-16H,1-2H2,3-11H3. The van der Waals surface area contributed by atoms with Crippen LogP contribution in [0.1, 0.15) is 90.1 Å². The second-order valence-electron chi connectivity index (χ2n) is 12.0. The van der Waals surface area contributed by atoms with E-state index in [-0.39, 0.29) is 10.8 Å². The van der Waals surface area contributed by atoms with E-state index in [1.165, 1.54) is 0 Å². The topological polar surface area (TPSA) is 73.6 Å². The molecule has 5 heteroatoms. The smallest absolute Gasteiger partial charge is 0.394 e. The van der Waals surface area contributed by atoms with Crippen molar-refractivity contribution in [3.8, 4) is 0 Å². The summed E-state index contributed by atoms with van der Waals surface area (Å²) >= 11 is 0. The van der Waals surface area contributed by atoms with Crippen molar-refractivity contribution in [2.45, 2.75) is 78.6 Å². The maximum absolute atomic E-state index is 12.7. The van der Waals surface area contributed by atoms with Gasteiger partial charge in [0.15, 0.2) is 0 Å². The predicted molar refractivity (Wildman–Crippen MR) is 145 cm³/mol. The van der Waals surface area contributed by atoms with Crippen LogP contribution in [-0.4, -0.2) is 0 Å². The maximum atomic E-state index is 12.7. The number of rotatable bonds is 2. The van der Waals surface area contributed by atoms with Gasteiger partial charge in [-0.25, -0.2) is 9.59 Å². The van der Waals surface area contributed by atoms with E-state index in [4.69, 9.17) is 13.3 Å². The third-order valence-corrected chi connectivity index (χ3v) is 6.01. The molecule has 5 nitrogen and oxygen atoms in total. The first kappa shape index (κ1) is 26.3. The molecule has 0 N–H and O–H groups in total. The normalized spacial score (nSPS) is 12.6. The van der Waals surface area contributed by atoms with Crippen LogP contribution >= 0.6 is 0 Å². The van der Waals surface area contributed by atoms with E-state index in [2.05, 4.69) is 54.7 Å². The molecule has 2 aromatic carbocycles. The van der Waals surface area contributed by atoms with Crippen molar-refractivity contribution in [2.24, 2.45) is 0 Å². The van der Waals surface area contributed by atoms with Crippen molar-refractivity contribution in [2.75, 3.05) is 0 Å². The number of benzene rings is 2. The highest BCUT2D eigenvalue weighted by Gasteiger charge is 2.31. The van der Waals surface area contributed by atoms with Crippen molar-refractivity contribution >= 4 is 34.1 Å². The average molecular weight is 477 g/mol. The van der Waals surface area contributed by atoms with Gasteiger partial charge < -0.3 is 13.3 Å². The van der Waals surface area contributed by atoms with Gasteiger partial charge in [0.2, 0.25) is 0 Å². The van der Waals surface area contributed by atoms with Gasteiger partial charge in [0.1, 0.15) is 11.2 Å². The molecule has 186 valence electrons. The molecule has 35 heavy (non-hydrogen) atoms. The predicted octanol–water partition coefficient (Wildman–Crippen LogP) is 7.80. The Morgan fingerprint density at radius 2 is 1.14 bits per heavy atom. The van der Waals surface area contributed by atoms with Gasteiger partial charge in [-0.05, 0) is 51.1 Å². The Morgan fingerprint density at radius 3 is 1.60 bits per heavy atom. The Hall–Kier alpha value is -3.34. The van der Waals surface area contributed by atoms with Gasteiger partial charge in [-0.15, -0.1) is 0 Å². The minimum Gasteiger partial charge on any atom is -0.394 e. The van der Waals surface area contributed by atoms with Gasteiger partial charge in [-0.2, -0.15) is 0 Å². The third-order valence-electron chi connectivity index (χ3n) is 6.01. The fourth-order valence-corrected chi connectivity index (χ4v) is 4.59. The summed E-state index contributed by atoms with van der Waals surface area (Å²) in [5.41, 5.74) is 3.96. The molecule has 1 heterocycles. The molecular formula is C30H36O5. The van der Waals surface area contributed by atoms with Crippen LogP contribution in [-0.2, 0) is 16.2 Å². The van der Waals surface area contributed by atoms with Gasteiger partial charge >= 0.3 is 11.6 Å². The summed E-state index contributed by atoms with van der Waals surface area (Å²) in [4.78, 5) is 25.3. The summed E-state index contributed by atoms with van der Waals surface area (Å²) in [6.07, 6.45) is 3.56. The Labute approximate surface area is 206 Å². The number of hydrogen-bond donors (Lipinski definition) is 0. The average Bonchev–Trinajstić information content (AvgIpc) is 2.75. The summed E-state index contributed by atoms with van der Waals surface area (Å²) in [7, 11) is 0. The van der Waals surface area contributed by atoms with Crippen molar-refractivity contribution in [1.82, 2.24) is 0 Å². The first-order valence-corrected chi connectivity index (χ1v) is 11.8. The van der Waals surface area contributed by atoms with Crippen LogP contribution in [0.2, 0.25) is 0 Å². The van der Waals surface area contributed by atoms with Gasteiger partial charge in [-0.3, -0.25) is 0 Å². The van der Waals surface area contributed by atoms with Gasteiger partial charge in [0.05, 0.1) is 0 Å². The highest BCUT2D eigenvalue weighted by Crippen LogP contribution is 2.43. The zero-order chi connectivity index (χ0) is 26.5. The third kappa shape index (κ3) is 5.04. The first-order chi connectivity index (χ1) is 16.0. The van der Waals surface area contributed by atoms with Crippen molar-refractivity contribution < 1.29 is 13.3 Å². The van der Waals surface area contributed by atoms with Crippen LogP contribution in [0.3, 0.4) is 0 Å². The lowest BCUT2D eigenvalue weighted by Crippen LogP contribution is -2.24. The monoisotopic (exact) mass is 476 g/mol. The fraction of sp³-hybridized carbons (Fsp3) is 0.400. The minimum atomic E-state index is -1.14.